The Morgan fingerprint density at radius 1 is 0.393 bits per heavy atom. The summed E-state index contributed by atoms with van der Waals surface area (Å²) in [6.07, 6.45) is 0. The average molecular weight is 859 g/mol. The molecule has 2 fully saturated rings. The normalized spacial score (nSPS) is 15.9. The summed E-state index contributed by atoms with van der Waals surface area (Å²) in [5.41, 5.74) is 19.5. The Balaban J connectivity index is 1.76. The highest BCUT2D eigenvalue weighted by molar-refractivity contribution is 8.25. The molecule has 2 aliphatic heterocycles. The lowest BCUT2D eigenvalue weighted by Gasteiger charge is -2.35. The number of benzene rings is 4. The lowest BCUT2D eigenvalue weighted by atomic mass is 9.91. The van der Waals surface area contributed by atoms with Gasteiger partial charge in [-0.25, -0.2) is 0 Å². The summed E-state index contributed by atoms with van der Waals surface area (Å²) in [6, 6.07) is 27.2. The summed E-state index contributed by atoms with van der Waals surface area (Å²) in [5, 5.41) is 0. The van der Waals surface area contributed by atoms with Crippen molar-refractivity contribution in [1.82, 2.24) is 0 Å². The molecule has 0 N–H and O–H groups in total. The smallest absolute Gasteiger partial charge is 0.317 e. The quantitative estimate of drug-likeness (QED) is 0.125. The number of nitrogens with zero attached hydrogens (tertiary/aromatic N) is 4. The molecule has 2 aliphatic rings. The van der Waals surface area contributed by atoms with E-state index in [1.165, 1.54) is 55.9 Å². The van der Waals surface area contributed by atoms with Crippen LogP contribution in [0, 0.1) is 0 Å². The number of anilines is 4. The maximum absolute atomic E-state index is 17.2. The van der Waals surface area contributed by atoms with Crippen molar-refractivity contribution in [1.29, 1.82) is 0 Å². The lowest BCUT2D eigenvalue weighted by molar-refractivity contribution is 0.584. The van der Waals surface area contributed by atoms with E-state index in [4.69, 9.17) is 0 Å². The molecule has 2 heterocycles. The molecule has 328 valence electrons. The topological polar surface area (TPSA) is 30.0 Å². The summed E-state index contributed by atoms with van der Waals surface area (Å²) in [4.78, 5) is 5.11. The number of hydrogen-bond donors (Lipinski definition) is 0. The third-order valence-electron chi connectivity index (χ3n) is 12.9. The zero-order valence-corrected chi connectivity index (χ0v) is 42.3. The molecule has 0 amide bonds. The molecule has 4 aromatic carbocycles. The van der Waals surface area contributed by atoms with Gasteiger partial charge < -0.3 is 9.80 Å². The van der Waals surface area contributed by atoms with Gasteiger partial charge in [-0.3, -0.25) is 13.9 Å². The van der Waals surface area contributed by atoms with E-state index in [0.717, 1.165) is 30.3 Å². The van der Waals surface area contributed by atoms with Crippen LogP contribution >= 0.6 is 15.0 Å². The van der Waals surface area contributed by atoms with Crippen molar-refractivity contribution in [2.75, 3.05) is 45.3 Å². The Hall–Kier alpha value is -3.74. The van der Waals surface area contributed by atoms with Crippen LogP contribution in [0.15, 0.2) is 78.6 Å². The van der Waals surface area contributed by atoms with Crippen molar-refractivity contribution in [2.24, 2.45) is 0 Å². The Kier molecular flexibility index (Phi) is 14.5. The summed E-state index contributed by atoms with van der Waals surface area (Å²) in [5.74, 6) is 3.44. The fraction of sp³-hybridized carbons (Fsp3) is 0.519. The first kappa shape index (κ1) is 46.8. The summed E-state index contributed by atoms with van der Waals surface area (Å²) in [6.45, 7) is 39.8. The highest BCUT2D eigenvalue weighted by Crippen LogP contribution is 2.71. The van der Waals surface area contributed by atoms with Crippen molar-refractivity contribution in [2.45, 2.75) is 158 Å². The van der Waals surface area contributed by atoms with E-state index >= 15 is 4.57 Å². The number of para-hydroxylation sites is 4. The highest BCUT2D eigenvalue weighted by Gasteiger charge is 2.46. The fourth-order valence-corrected chi connectivity index (χ4v) is 14.7. The lowest BCUT2D eigenvalue weighted by Crippen LogP contribution is -2.27. The number of hydrogen-bond acceptors (Lipinski definition) is 3. The molecule has 0 aromatic heterocycles. The van der Waals surface area contributed by atoms with Gasteiger partial charge in [0.1, 0.15) is 0 Å². The summed E-state index contributed by atoms with van der Waals surface area (Å²) in [7, 11) is -2.77. The first-order chi connectivity index (χ1) is 28.8. The van der Waals surface area contributed by atoms with Gasteiger partial charge >= 0.3 is 7.13 Å². The minimum atomic E-state index is -3.46. The largest absolute Gasteiger partial charge is 0.319 e. The van der Waals surface area contributed by atoms with Crippen LogP contribution < -0.4 is 19.1 Å². The third-order valence-corrected chi connectivity index (χ3v) is 17.9. The Bertz CT molecular complexity index is 2060. The maximum atomic E-state index is 17.2. The molecule has 2 saturated heterocycles. The SMILES string of the molecule is CC(C)c1cccc(C(C)C)c1N1CCN(c2c(C(C)C)cccc2C(C)C)C1=C=PP1(=O)N(c2c(C(C)C)cccc2C(C)C)CCN1c1c(C(C)C)cccc1C(C)C. The van der Waals surface area contributed by atoms with Gasteiger partial charge in [0.2, 0.25) is 0 Å². The van der Waals surface area contributed by atoms with Gasteiger partial charge in [-0.1, -0.05) is 184 Å². The molecule has 61 heavy (non-hydrogen) atoms. The average Bonchev–Trinajstić information content (AvgIpc) is 3.78. The molecule has 0 unspecified atom stereocenters. The monoisotopic (exact) mass is 859 g/mol. The van der Waals surface area contributed by atoms with E-state index in [2.05, 4.69) is 208 Å². The Morgan fingerprint density at radius 3 is 0.852 bits per heavy atom. The van der Waals surface area contributed by atoms with Crippen molar-refractivity contribution in [3.05, 3.63) is 123 Å². The Labute approximate surface area is 372 Å². The van der Waals surface area contributed by atoms with Crippen molar-refractivity contribution < 1.29 is 4.57 Å². The second-order valence-electron chi connectivity index (χ2n) is 20.0. The van der Waals surface area contributed by atoms with Gasteiger partial charge in [0.15, 0.2) is 5.82 Å². The van der Waals surface area contributed by atoms with Crippen molar-refractivity contribution >= 4 is 43.2 Å². The van der Waals surface area contributed by atoms with Gasteiger partial charge in [0.25, 0.3) is 0 Å². The minimum Gasteiger partial charge on any atom is -0.319 e. The molecule has 4 aromatic rings. The van der Waals surface area contributed by atoms with E-state index in [0.29, 0.717) is 44.7 Å². The van der Waals surface area contributed by atoms with Crippen LogP contribution in [0.5, 0.6) is 0 Å². The molecule has 0 aliphatic carbocycles. The van der Waals surface area contributed by atoms with Crippen molar-refractivity contribution in [3.8, 4) is 0 Å². The van der Waals surface area contributed by atoms with E-state index in [9.17, 15) is 0 Å². The molecule has 0 saturated carbocycles. The van der Waals surface area contributed by atoms with Crippen LogP contribution in [0.1, 0.15) is 203 Å². The molecule has 0 radical (unpaired) electrons. The van der Waals surface area contributed by atoms with Gasteiger partial charge in [0.05, 0.1) is 19.3 Å². The first-order valence-corrected chi connectivity index (χ1v) is 26.6. The van der Waals surface area contributed by atoms with E-state index in [-0.39, 0.29) is 23.7 Å². The van der Waals surface area contributed by atoms with Crippen LogP contribution in [0.2, 0.25) is 0 Å². The molecule has 6 rings (SSSR count). The minimum absolute atomic E-state index is 0.272. The number of rotatable bonds is 13. The fourth-order valence-electron chi connectivity index (χ4n) is 9.66. The molecule has 0 bridgehead atoms. The van der Waals surface area contributed by atoms with Crippen molar-refractivity contribution in [3.63, 3.8) is 0 Å². The molecular weight excluding hydrogens is 783 g/mol. The van der Waals surface area contributed by atoms with Crippen LogP contribution in [0.25, 0.3) is 0 Å². The van der Waals surface area contributed by atoms with Gasteiger partial charge in [-0.15, -0.1) is 0 Å². The molecule has 5 nitrogen and oxygen atoms in total. The van der Waals surface area contributed by atoms with Crippen LogP contribution in [0.3, 0.4) is 0 Å². The predicted octanol–water partition coefficient (Wildman–Crippen LogP) is 16.3. The Morgan fingerprint density at radius 2 is 0.623 bits per heavy atom. The zero-order valence-electron chi connectivity index (χ0n) is 40.5. The second kappa shape index (κ2) is 18.9. The predicted molar refractivity (Wildman–Crippen MR) is 271 cm³/mol. The van der Waals surface area contributed by atoms with Crippen LogP contribution in [-0.2, 0) is 4.57 Å². The van der Waals surface area contributed by atoms with E-state index in [1.54, 1.807) is 0 Å². The highest BCUT2D eigenvalue weighted by atomic mass is 32.1. The van der Waals surface area contributed by atoms with Gasteiger partial charge in [0, 0.05) is 37.6 Å². The molecule has 0 atom stereocenters. The van der Waals surface area contributed by atoms with E-state index < -0.39 is 7.13 Å². The first-order valence-electron chi connectivity index (χ1n) is 23.4. The summed E-state index contributed by atoms with van der Waals surface area (Å²) >= 11 is 0. The van der Waals surface area contributed by atoms with Crippen LogP contribution in [-0.4, -0.2) is 31.6 Å². The zero-order chi connectivity index (χ0) is 44.7. The van der Waals surface area contributed by atoms with E-state index in [1.807, 2.05) is 0 Å². The second-order valence-corrected chi connectivity index (χ2v) is 24.6. The molecule has 7 heteroatoms. The van der Waals surface area contributed by atoms with Gasteiger partial charge in [-0.2, -0.15) is 0 Å². The third kappa shape index (κ3) is 8.92. The molecule has 0 spiro atoms. The standard InChI is InChI=1S/C54H76N4OP2/c1-34(2)42-21-17-22-43(35(3)4)51(42)55-29-30-56(52-44(36(5)6)23-18-24-45(52)37(7)8)50(55)33-60-61(59)57(53-46(38(9)10)25-19-26-47(53)39(11)12)31-32-58(61)54-48(40(13)14)27-20-28-49(54)41(15)16/h17-28,34-41H,29-32H2,1-16H3. The van der Waals surface area contributed by atoms with Crippen LogP contribution in [0.4, 0.5) is 22.7 Å². The maximum Gasteiger partial charge on any atom is 0.317 e. The molecular formula is C54H76N4OP2. The van der Waals surface area contributed by atoms with Gasteiger partial charge in [-0.05, 0) is 97.3 Å². The summed E-state index contributed by atoms with van der Waals surface area (Å²) < 4.78 is 22.0.